The Bertz CT molecular complexity index is 296. The normalized spacial score (nSPS) is 24.8. The third-order valence-corrected chi connectivity index (χ3v) is 3.29. The van der Waals surface area contributed by atoms with Crippen LogP contribution in [0.2, 0.25) is 0 Å². The molecular formula is C12H22N2O4. The lowest BCUT2D eigenvalue weighted by molar-refractivity contribution is -0.137. The molecule has 1 heterocycles. The molecule has 1 fully saturated rings. The molecule has 18 heavy (non-hydrogen) atoms. The lowest BCUT2D eigenvalue weighted by Crippen LogP contribution is -2.43. The van der Waals surface area contributed by atoms with Crippen molar-refractivity contribution in [2.45, 2.75) is 44.8 Å². The van der Waals surface area contributed by atoms with Crippen molar-refractivity contribution >= 4 is 11.9 Å². The molecule has 3 unspecified atom stereocenters. The SMILES string of the molecule is CCC1OCCC1CNC(=O)C(N)CCC(=O)O. The first-order chi connectivity index (χ1) is 8.54. The van der Waals surface area contributed by atoms with Gasteiger partial charge in [-0.05, 0) is 19.3 Å². The Labute approximate surface area is 107 Å². The van der Waals surface area contributed by atoms with E-state index >= 15 is 0 Å². The molecule has 1 amide bonds. The quantitative estimate of drug-likeness (QED) is 0.601. The number of carbonyl (C=O) groups excluding carboxylic acids is 1. The van der Waals surface area contributed by atoms with E-state index in [-0.39, 0.29) is 24.9 Å². The average Bonchev–Trinajstić information content (AvgIpc) is 2.80. The monoisotopic (exact) mass is 258 g/mol. The topological polar surface area (TPSA) is 102 Å². The summed E-state index contributed by atoms with van der Waals surface area (Å²) in [5.74, 6) is -0.878. The molecule has 0 aliphatic carbocycles. The number of hydrogen-bond acceptors (Lipinski definition) is 4. The van der Waals surface area contributed by atoms with Crippen molar-refractivity contribution in [3.05, 3.63) is 0 Å². The highest BCUT2D eigenvalue weighted by atomic mass is 16.5. The highest BCUT2D eigenvalue weighted by molar-refractivity contribution is 5.82. The van der Waals surface area contributed by atoms with E-state index in [4.69, 9.17) is 15.6 Å². The Hall–Kier alpha value is -1.14. The van der Waals surface area contributed by atoms with Crippen molar-refractivity contribution in [3.63, 3.8) is 0 Å². The van der Waals surface area contributed by atoms with Gasteiger partial charge in [0.05, 0.1) is 12.1 Å². The molecule has 0 aromatic heterocycles. The number of rotatable bonds is 7. The van der Waals surface area contributed by atoms with Crippen LogP contribution in [0.1, 0.15) is 32.6 Å². The number of nitrogens with two attached hydrogens (primary N) is 1. The Kier molecular flexibility index (Phi) is 6.07. The van der Waals surface area contributed by atoms with Gasteiger partial charge >= 0.3 is 5.97 Å². The van der Waals surface area contributed by atoms with E-state index in [2.05, 4.69) is 12.2 Å². The van der Waals surface area contributed by atoms with Crippen molar-refractivity contribution in [1.29, 1.82) is 0 Å². The number of carboxylic acids is 1. The van der Waals surface area contributed by atoms with Crippen molar-refractivity contribution in [1.82, 2.24) is 5.32 Å². The van der Waals surface area contributed by atoms with Crippen LogP contribution in [0.3, 0.4) is 0 Å². The molecule has 1 aliphatic heterocycles. The number of hydrogen-bond donors (Lipinski definition) is 3. The van der Waals surface area contributed by atoms with Gasteiger partial charge < -0.3 is 20.9 Å². The minimum absolute atomic E-state index is 0.0846. The van der Waals surface area contributed by atoms with Gasteiger partial charge in [0.25, 0.3) is 0 Å². The summed E-state index contributed by atoms with van der Waals surface area (Å²) in [4.78, 5) is 22.0. The van der Waals surface area contributed by atoms with E-state index in [0.717, 1.165) is 19.4 Å². The molecule has 0 saturated carbocycles. The van der Waals surface area contributed by atoms with Gasteiger partial charge in [-0.25, -0.2) is 0 Å². The Balaban J connectivity index is 2.25. The molecule has 6 nitrogen and oxygen atoms in total. The van der Waals surface area contributed by atoms with Crippen LogP contribution in [0.15, 0.2) is 0 Å². The van der Waals surface area contributed by atoms with E-state index in [1.807, 2.05) is 0 Å². The van der Waals surface area contributed by atoms with Crippen LogP contribution in [0.5, 0.6) is 0 Å². The summed E-state index contributed by atoms with van der Waals surface area (Å²) in [7, 11) is 0. The smallest absolute Gasteiger partial charge is 0.303 e. The molecule has 3 atom stereocenters. The van der Waals surface area contributed by atoms with E-state index in [0.29, 0.717) is 12.5 Å². The molecule has 0 bridgehead atoms. The number of aliphatic carboxylic acids is 1. The van der Waals surface area contributed by atoms with E-state index in [1.54, 1.807) is 0 Å². The lowest BCUT2D eigenvalue weighted by atomic mass is 9.99. The van der Waals surface area contributed by atoms with Gasteiger partial charge in [0.1, 0.15) is 0 Å². The van der Waals surface area contributed by atoms with Crippen LogP contribution in [-0.2, 0) is 14.3 Å². The van der Waals surface area contributed by atoms with Gasteiger partial charge in [-0.1, -0.05) is 6.92 Å². The molecule has 1 saturated heterocycles. The van der Waals surface area contributed by atoms with Crippen LogP contribution >= 0.6 is 0 Å². The van der Waals surface area contributed by atoms with Crippen LogP contribution in [0, 0.1) is 5.92 Å². The maximum absolute atomic E-state index is 11.6. The van der Waals surface area contributed by atoms with Crippen LogP contribution in [0.25, 0.3) is 0 Å². The summed E-state index contributed by atoms with van der Waals surface area (Å²) >= 11 is 0. The fraction of sp³-hybridized carbons (Fsp3) is 0.833. The number of ether oxygens (including phenoxy) is 1. The minimum atomic E-state index is -0.937. The highest BCUT2D eigenvalue weighted by Gasteiger charge is 2.27. The predicted molar refractivity (Wildman–Crippen MR) is 66.0 cm³/mol. The number of carboxylic acid groups (broad SMARTS) is 1. The summed E-state index contributed by atoms with van der Waals surface area (Å²) in [5.41, 5.74) is 5.61. The molecule has 1 aliphatic rings. The standard InChI is InChI=1S/C12H22N2O4/c1-2-10-8(5-6-18-10)7-14-12(17)9(13)3-4-11(15)16/h8-10H,2-7,13H2,1H3,(H,14,17)(H,15,16). The molecule has 6 heteroatoms. The molecule has 1 rings (SSSR count). The second-order valence-electron chi connectivity index (χ2n) is 4.65. The minimum Gasteiger partial charge on any atom is -0.481 e. The largest absolute Gasteiger partial charge is 0.481 e. The molecule has 4 N–H and O–H groups in total. The number of nitrogens with one attached hydrogen (secondary N) is 1. The van der Waals surface area contributed by atoms with Crippen LogP contribution in [0.4, 0.5) is 0 Å². The van der Waals surface area contributed by atoms with E-state index in [1.165, 1.54) is 0 Å². The third kappa shape index (κ3) is 4.62. The van der Waals surface area contributed by atoms with Gasteiger partial charge in [0.15, 0.2) is 0 Å². The fourth-order valence-electron chi connectivity index (χ4n) is 2.15. The van der Waals surface area contributed by atoms with Crippen LogP contribution in [-0.4, -0.2) is 42.3 Å². The van der Waals surface area contributed by atoms with Gasteiger partial charge in [0.2, 0.25) is 5.91 Å². The zero-order valence-corrected chi connectivity index (χ0v) is 10.7. The maximum atomic E-state index is 11.6. The first kappa shape index (κ1) is 14.9. The maximum Gasteiger partial charge on any atom is 0.303 e. The summed E-state index contributed by atoms with van der Waals surface area (Å²) in [5, 5.41) is 11.3. The molecule has 104 valence electrons. The zero-order valence-electron chi connectivity index (χ0n) is 10.7. The lowest BCUT2D eigenvalue weighted by Gasteiger charge is -2.18. The number of amides is 1. The van der Waals surface area contributed by atoms with E-state index < -0.39 is 12.0 Å². The molecule has 0 aromatic carbocycles. The van der Waals surface area contributed by atoms with Gasteiger partial charge in [-0.15, -0.1) is 0 Å². The number of carbonyl (C=O) groups is 2. The summed E-state index contributed by atoms with van der Waals surface area (Å²) in [6.45, 7) is 3.35. The Morgan fingerprint density at radius 1 is 1.56 bits per heavy atom. The second-order valence-corrected chi connectivity index (χ2v) is 4.65. The van der Waals surface area contributed by atoms with Crippen molar-refractivity contribution < 1.29 is 19.4 Å². The van der Waals surface area contributed by atoms with E-state index in [9.17, 15) is 9.59 Å². The van der Waals surface area contributed by atoms with Crippen molar-refractivity contribution in [3.8, 4) is 0 Å². The molecule has 0 aromatic rings. The van der Waals surface area contributed by atoms with Crippen LogP contribution < -0.4 is 11.1 Å². The predicted octanol–water partition coefficient (Wildman–Crippen LogP) is 0.110. The highest BCUT2D eigenvalue weighted by Crippen LogP contribution is 2.22. The molecule has 0 spiro atoms. The molecular weight excluding hydrogens is 236 g/mol. The first-order valence-electron chi connectivity index (χ1n) is 6.41. The Morgan fingerprint density at radius 3 is 2.89 bits per heavy atom. The van der Waals surface area contributed by atoms with Gasteiger partial charge in [-0.3, -0.25) is 9.59 Å². The van der Waals surface area contributed by atoms with Gasteiger partial charge in [-0.2, -0.15) is 0 Å². The summed E-state index contributed by atoms with van der Waals surface area (Å²) in [6.07, 6.45) is 2.17. The summed E-state index contributed by atoms with van der Waals surface area (Å²) in [6, 6.07) is -0.747. The Morgan fingerprint density at radius 2 is 2.28 bits per heavy atom. The molecule has 0 radical (unpaired) electrons. The zero-order chi connectivity index (χ0) is 13.5. The first-order valence-corrected chi connectivity index (χ1v) is 6.41. The third-order valence-electron chi connectivity index (χ3n) is 3.29. The van der Waals surface area contributed by atoms with Crippen molar-refractivity contribution in [2.24, 2.45) is 11.7 Å². The second kappa shape index (κ2) is 7.33. The average molecular weight is 258 g/mol. The van der Waals surface area contributed by atoms with Crippen molar-refractivity contribution in [2.75, 3.05) is 13.2 Å². The van der Waals surface area contributed by atoms with Gasteiger partial charge in [0, 0.05) is 25.5 Å². The fourth-order valence-corrected chi connectivity index (χ4v) is 2.15. The summed E-state index contributed by atoms with van der Waals surface area (Å²) < 4.78 is 5.53.